The van der Waals surface area contributed by atoms with E-state index in [1.165, 1.54) is 0 Å². The van der Waals surface area contributed by atoms with Crippen LogP contribution in [0.25, 0.3) is 0 Å². The number of hydrogen-bond acceptors (Lipinski definition) is 1. The van der Waals surface area contributed by atoms with Gasteiger partial charge in [0.05, 0.1) is 0 Å². The van der Waals surface area contributed by atoms with E-state index in [1.807, 2.05) is 6.92 Å². The van der Waals surface area contributed by atoms with Crippen LogP contribution in [-0.2, 0) is 6.54 Å². The summed E-state index contributed by atoms with van der Waals surface area (Å²) in [5.74, 6) is -2.88. The summed E-state index contributed by atoms with van der Waals surface area (Å²) in [5, 5.41) is 2.91. The van der Waals surface area contributed by atoms with Crippen molar-refractivity contribution in [3.05, 3.63) is 35.1 Å². The van der Waals surface area contributed by atoms with Gasteiger partial charge in [-0.2, -0.15) is 0 Å². The van der Waals surface area contributed by atoms with Crippen LogP contribution in [0.4, 0.5) is 13.2 Å². The van der Waals surface area contributed by atoms with E-state index in [4.69, 9.17) is 0 Å². The Morgan fingerprint density at radius 3 is 2.36 bits per heavy atom. The third kappa shape index (κ3) is 2.73. The molecule has 1 rings (SSSR count). The van der Waals surface area contributed by atoms with E-state index < -0.39 is 17.5 Å². The zero-order chi connectivity index (χ0) is 10.6. The molecule has 0 saturated carbocycles. The predicted octanol–water partition coefficient (Wildman–Crippen LogP) is 2.60. The number of halogens is 3. The van der Waals surface area contributed by atoms with Crippen LogP contribution in [-0.4, -0.2) is 6.54 Å². The van der Waals surface area contributed by atoms with E-state index in [-0.39, 0.29) is 12.1 Å². The van der Waals surface area contributed by atoms with Gasteiger partial charge in [0.25, 0.3) is 0 Å². The standard InChI is InChI=1S/C10H12F3N/c1-2-3-14-6-7-4-9(12)10(13)5-8(7)11/h4-5,14H,2-3,6H2,1H3. The van der Waals surface area contributed by atoms with Gasteiger partial charge in [0.2, 0.25) is 0 Å². The van der Waals surface area contributed by atoms with Gasteiger partial charge in [0.1, 0.15) is 5.82 Å². The van der Waals surface area contributed by atoms with Crippen molar-refractivity contribution < 1.29 is 13.2 Å². The zero-order valence-electron chi connectivity index (χ0n) is 7.91. The zero-order valence-corrected chi connectivity index (χ0v) is 7.91. The highest BCUT2D eigenvalue weighted by Gasteiger charge is 2.08. The topological polar surface area (TPSA) is 12.0 Å². The van der Waals surface area contributed by atoms with Crippen LogP contribution in [0.15, 0.2) is 12.1 Å². The van der Waals surface area contributed by atoms with Gasteiger partial charge in [-0.3, -0.25) is 0 Å². The Bertz CT molecular complexity index is 312. The molecule has 78 valence electrons. The number of benzene rings is 1. The summed E-state index contributed by atoms with van der Waals surface area (Å²) in [5.41, 5.74) is 0.150. The Hall–Kier alpha value is -1.03. The fraction of sp³-hybridized carbons (Fsp3) is 0.400. The molecule has 0 atom stereocenters. The minimum Gasteiger partial charge on any atom is -0.313 e. The maximum atomic E-state index is 13.0. The van der Waals surface area contributed by atoms with Gasteiger partial charge in [-0.15, -0.1) is 0 Å². The van der Waals surface area contributed by atoms with Crippen LogP contribution in [0.3, 0.4) is 0 Å². The Morgan fingerprint density at radius 2 is 1.71 bits per heavy atom. The lowest BCUT2D eigenvalue weighted by atomic mass is 10.2. The fourth-order valence-electron chi connectivity index (χ4n) is 1.10. The molecule has 0 amide bonds. The molecule has 0 fully saturated rings. The van der Waals surface area contributed by atoms with Gasteiger partial charge >= 0.3 is 0 Å². The summed E-state index contributed by atoms with van der Waals surface area (Å²) in [6.07, 6.45) is 0.908. The molecular weight excluding hydrogens is 191 g/mol. The van der Waals surface area contributed by atoms with Crippen molar-refractivity contribution in [1.29, 1.82) is 0 Å². The molecule has 0 aliphatic carbocycles. The Labute approximate surface area is 80.9 Å². The van der Waals surface area contributed by atoms with Gasteiger partial charge in [0, 0.05) is 18.2 Å². The van der Waals surface area contributed by atoms with Gasteiger partial charge in [-0.25, -0.2) is 13.2 Å². The van der Waals surface area contributed by atoms with E-state index in [9.17, 15) is 13.2 Å². The summed E-state index contributed by atoms with van der Waals surface area (Å²) < 4.78 is 38.2. The lowest BCUT2D eigenvalue weighted by Crippen LogP contribution is -2.15. The second-order valence-electron chi connectivity index (χ2n) is 3.03. The van der Waals surface area contributed by atoms with Gasteiger partial charge < -0.3 is 5.32 Å². The largest absolute Gasteiger partial charge is 0.313 e. The quantitative estimate of drug-likeness (QED) is 0.586. The first-order valence-electron chi connectivity index (χ1n) is 4.49. The molecule has 0 aliphatic heterocycles. The first-order valence-corrected chi connectivity index (χ1v) is 4.49. The number of rotatable bonds is 4. The number of nitrogens with one attached hydrogen (secondary N) is 1. The minimum absolute atomic E-state index is 0.150. The monoisotopic (exact) mass is 203 g/mol. The molecule has 0 radical (unpaired) electrons. The molecule has 1 aromatic rings. The average Bonchev–Trinajstić information content (AvgIpc) is 2.14. The molecular formula is C10H12F3N. The second kappa shape index (κ2) is 5.00. The highest BCUT2D eigenvalue weighted by molar-refractivity contribution is 5.19. The summed E-state index contributed by atoms with van der Waals surface area (Å²) in [7, 11) is 0. The average molecular weight is 203 g/mol. The van der Waals surface area contributed by atoms with E-state index in [0.29, 0.717) is 6.07 Å². The Kier molecular flexibility index (Phi) is 3.95. The molecule has 0 aromatic heterocycles. The fourth-order valence-corrected chi connectivity index (χ4v) is 1.10. The van der Waals surface area contributed by atoms with Crippen LogP contribution < -0.4 is 5.32 Å². The maximum Gasteiger partial charge on any atom is 0.161 e. The first kappa shape index (κ1) is 11.0. The molecule has 0 aliphatic rings. The molecule has 1 N–H and O–H groups in total. The van der Waals surface area contributed by atoms with Crippen molar-refractivity contribution in [2.45, 2.75) is 19.9 Å². The molecule has 4 heteroatoms. The molecule has 0 heterocycles. The molecule has 0 unspecified atom stereocenters. The minimum atomic E-state index is -1.15. The highest BCUT2D eigenvalue weighted by atomic mass is 19.2. The second-order valence-corrected chi connectivity index (χ2v) is 3.03. The number of hydrogen-bond donors (Lipinski definition) is 1. The molecule has 14 heavy (non-hydrogen) atoms. The summed E-state index contributed by atoms with van der Waals surface area (Å²) in [6, 6.07) is 1.45. The van der Waals surface area contributed by atoms with E-state index >= 15 is 0 Å². The van der Waals surface area contributed by atoms with Crippen LogP contribution >= 0.6 is 0 Å². The Morgan fingerprint density at radius 1 is 1.07 bits per heavy atom. The molecule has 0 saturated heterocycles. The molecule has 1 aromatic carbocycles. The lowest BCUT2D eigenvalue weighted by Gasteiger charge is -2.05. The van der Waals surface area contributed by atoms with Gasteiger partial charge in [-0.1, -0.05) is 6.92 Å². The normalized spacial score (nSPS) is 10.6. The smallest absolute Gasteiger partial charge is 0.161 e. The van der Waals surface area contributed by atoms with Crippen molar-refractivity contribution in [2.24, 2.45) is 0 Å². The highest BCUT2D eigenvalue weighted by Crippen LogP contribution is 2.13. The summed E-state index contributed by atoms with van der Waals surface area (Å²) in [4.78, 5) is 0. The van der Waals surface area contributed by atoms with Crippen LogP contribution in [0.5, 0.6) is 0 Å². The van der Waals surface area contributed by atoms with Crippen molar-refractivity contribution in [1.82, 2.24) is 5.32 Å². The van der Waals surface area contributed by atoms with Gasteiger partial charge in [-0.05, 0) is 19.0 Å². The lowest BCUT2D eigenvalue weighted by molar-refractivity contribution is 0.487. The van der Waals surface area contributed by atoms with Crippen molar-refractivity contribution >= 4 is 0 Å². The Balaban J connectivity index is 2.72. The molecule has 0 spiro atoms. The van der Waals surface area contributed by atoms with E-state index in [2.05, 4.69) is 5.32 Å². The third-order valence-corrected chi connectivity index (χ3v) is 1.83. The van der Waals surface area contributed by atoms with Crippen molar-refractivity contribution in [3.63, 3.8) is 0 Å². The van der Waals surface area contributed by atoms with Crippen LogP contribution in [0.2, 0.25) is 0 Å². The van der Waals surface area contributed by atoms with Crippen LogP contribution in [0.1, 0.15) is 18.9 Å². The third-order valence-electron chi connectivity index (χ3n) is 1.83. The summed E-state index contributed by atoms with van der Waals surface area (Å²) in [6.45, 7) is 2.91. The summed E-state index contributed by atoms with van der Waals surface area (Å²) >= 11 is 0. The SMILES string of the molecule is CCCNCc1cc(F)c(F)cc1F. The van der Waals surface area contributed by atoms with E-state index in [0.717, 1.165) is 19.0 Å². The van der Waals surface area contributed by atoms with Gasteiger partial charge in [0.15, 0.2) is 11.6 Å². The first-order chi connectivity index (χ1) is 6.65. The maximum absolute atomic E-state index is 13.0. The predicted molar refractivity (Wildman–Crippen MR) is 48.3 cm³/mol. The van der Waals surface area contributed by atoms with Crippen molar-refractivity contribution in [2.75, 3.05) is 6.54 Å². The molecule has 0 bridgehead atoms. The van der Waals surface area contributed by atoms with E-state index in [1.54, 1.807) is 0 Å². The van der Waals surface area contributed by atoms with Crippen molar-refractivity contribution in [3.8, 4) is 0 Å². The van der Waals surface area contributed by atoms with Crippen LogP contribution in [0, 0.1) is 17.5 Å². The molecule has 1 nitrogen and oxygen atoms in total.